The highest BCUT2D eigenvalue weighted by Crippen LogP contribution is 2.37. The van der Waals surface area contributed by atoms with Crippen molar-refractivity contribution >= 4 is 0 Å². The Morgan fingerprint density at radius 1 is 1.36 bits per heavy atom. The van der Waals surface area contributed by atoms with Crippen molar-refractivity contribution in [1.82, 2.24) is 4.90 Å². The fourth-order valence-electron chi connectivity index (χ4n) is 2.66. The Morgan fingerprint density at radius 2 is 2.09 bits per heavy atom. The van der Waals surface area contributed by atoms with Crippen LogP contribution in [0.15, 0.2) is 12.2 Å². The molecule has 0 aromatic heterocycles. The summed E-state index contributed by atoms with van der Waals surface area (Å²) >= 11 is 0. The Bertz CT molecular complexity index is 183. The highest BCUT2D eigenvalue weighted by molar-refractivity contribution is 5.16. The molecule has 1 heterocycles. The van der Waals surface area contributed by atoms with Crippen LogP contribution < -0.4 is 0 Å². The van der Waals surface area contributed by atoms with Gasteiger partial charge in [-0.05, 0) is 33.1 Å². The maximum absolute atomic E-state index is 2.63. The average Bonchev–Trinajstić information content (AvgIpc) is 2.44. The monoisotopic (exact) mass is 151 g/mol. The fraction of sp³-hybridized carbons (Fsp3) is 0.800. The fourth-order valence-corrected chi connectivity index (χ4v) is 2.66. The molecule has 62 valence electrons. The third-order valence-corrected chi connectivity index (χ3v) is 3.16. The minimum atomic E-state index is 0.713. The molecule has 2 aliphatic rings. The Balaban J connectivity index is 2.18. The van der Waals surface area contributed by atoms with Crippen LogP contribution in [0.4, 0.5) is 0 Å². The van der Waals surface area contributed by atoms with Gasteiger partial charge in [-0.1, -0.05) is 12.2 Å². The SMILES string of the molecule is CC(C)N1[C@@H]2C=C[C@@H](C2)[C@H]1C. The number of likely N-dealkylation sites (tertiary alicyclic amines) is 1. The molecule has 0 aromatic rings. The van der Waals surface area contributed by atoms with Crippen LogP contribution in [0, 0.1) is 5.92 Å². The standard InChI is InChI=1S/C10H17N/c1-7(2)11-8(3)9-4-5-10(11)6-9/h4-5,7-10H,6H2,1-3H3/t8-,9+,10-/m1/s1. The molecule has 2 bridgehead atoms. The molecule has 11 heavy (non-hydrogen) atoms. The normalized spacial score (nSPS) is 42.7. The maximum Gasteiger partial charge on any atom is 0.0290 e. The summed E-state index contributed by atoms with van der Waals surface area (Å²) < 4.78 is 0. The molecule has 1 aliphatic heterocycles. The Hall–Kier alpha value is -0.300. The first-order chi connectivity index (χ1) is 5.20. The van der Waals surface area contributed by atoms with E-state index in [2.05, 4.69) is 37.8 Å². The van der Waals surface area contributed by atoms with E-state index in [4.69, 9.17) is 0 Å². The second-order valence-electron chi connectivity index (χ2n) is 4.13. The molecule has 1 saturated heterocycles. The van der Waals surface area contributed by atoms with Gasteiger partial charge in [0.1, 0.15) is 0 Å². The van der Waals surface area contributed by atoms with Crippen molar-refractivity contribution in [2.24, 2.45) is 5.92 Å². The van der Waals surface area contributed by atoms with E-state index in [0.717, 1.165) is 18.0 Å². The van der Waals surface area contributed by atoms with E-state index >= 15 is 0 Å². The summed E-state index contributed by atoms with van der Waals surface area (Å²) in [7, 11) is 0. The van der Waals surface area contributed by atoms with Gasteiger partial charge in [-0.3, -0.25) is 4.90 Å². The minimum Gasteiger partial charge on any atom is -0.291 e. The molecule has 0 N–H and O–H groups in total. The van der Waals surface area contributed by atoms with E-state index < -0.39 is 0 Å². The van der Waals surface area contributed by atoms with E-state index in [9.17, 15) is 0 Å². The van der Waals surface area contributed by atoms with Crippen LogP contribution >= 0.6 is 0 Å². The molecule has 1 fully saturated rings. The maximum atomic E-state index is 2.63. The summed E-state index contributed by atoms with van der Waals surface area (Å²) in [6.07, 6.45) is 6.15. The van der Waals surface area contributed by atoms with Crippen molar-refractivity contribution in [2.75, 3.05) is 0 Å². The second-order valence-corrected chi connectivity index (χ2v) is 4.13. The van der Waals surface area contributed by atoms with Crippen molar-refractivity contribution in [2.45, 2.75) is 45.3 Å². The Labute approximate surface area is 69.1 Å². The van der Waals surface area contributed by atoms with Gasteiger partial charge in [0.05, 0.1) is 0 Å². The van der Waals surface area contributed by atoms with Gasteiger partial charge < -0.3 is 0 Å². The van der Waals surface area contributed by atoms with Gasteiger partial charge in [0.25, 0.3) is 0 Å². The van der Waals surface area contributed by atoms with Gasteiger partial charge in [0.2, 0.25) is 0 Å². The van der Waals surface area contributed by atoms with Crippen molar-refractivity contribution in [3.63, 3.8) is 0 Å². The van der Waals surface area contributed by atoms with Gasteiger partial charge in [0, 0.05) is 18.1 Å². The largest absolute Gasteiger partial charge is 0.291 e. The smallest absolute Gasteiger partial charge is 0.0290 e. The lowest BCUT2D eigenvalue weighted by atomic mass is 10.0. The zero-order valence-corrected chi connectivity index (χ0v) is 7.62. The van der Waals surface area contributed by atoms with Gasteiger partial charge in [0.15, 0.2) is 0 Å². The number of rotatable bonds is 1. The lowest BCUT2D eigenvalue weighted by Crippen LogP contribution is -2.41. The molecule has 2 rings (SSSR count). The van der Waals surface area contributed by atoms with Crippen LogP contribution in [0.1, 0.15) is 27.2 Å². The molecule has 0 radical (unpaired) electrons. The lowest BCUT2D eigenvalue weighted by molar-refractivity contribution is 0.166. The Kier molecular flexibility index (Phi) is 1.57. The molecule has 1 nitrogen and oxygen atoms in total. The topological polar surface area (TPSA) is 3.24 Å². The first-order valence-corrected chi connectivity index (χ1v) is 4.66. The van der Waals surface area contributed by atoms with Crippen LogP contribution in [0.3, 0.4) is 0 Å². The van der Waals surface area contributed by atoms with Crippen molar-refractivity contribution in [3.8, 4) is 0 Å². The van der Waals surface area contributed by atoms with Gasteiger partial charge in [-0.2, -0.15) is 0 Å². The van der Waals surface area contributed by atoms with Crippen LogP contribution in [0.25, 0.3) is 0 Å². The van der Waals surface area contributed by atoms with Crippen molar-refractivity contribution < 1.29 is 0 Å². The number of fused-ring (bicyclic) bond motifs is 2. The molecule has 3 atom stereocenters. The predicted octanol–water partition coefficient (Wildman–Crippen LogP) is 2.04. The first-order valence-electron chi connectivity index (χ1n) is 4.66. The summed E-state index contributed by atoms with van der Waals surface area (Å²) in [6.45, 7) is 6.95. The molecule has 1 heteroatoms. The number of hydrogen-bond donors (Lipinski definition) is 0. The zero-order valence-electron chi connectivity index (χ0n) is 7.62. The van der Waals surface area contributed by atoms with E-state index in [1.165, 1.54) is 6.42 Å². The predicted molar refractivity (Wildman–Crippen MR) is 47.5 cm³/mol. The highest BCUT2D eigenvalue weighted by Gasteiger charge is 2.40. The third kappa shape index (κ3) is 0.943. The van der Waals surface area contributed by atoms with E-state index in [1.807, 2.05) is 0 Å². The molecule has 0 unspecified atom stereocenters. The molecule has 0 aromatic carbocycles. The summed E-state index contributed by atoms with van der Waals surface area (Å²) in [5.41, 5.74) is 0. The van der Waals surface area contributed by atoms with E-state index in [0.29, 0.717) is 6.04 Å². The zero-order chi connectivity index (χ0) is 8.01. The highest BCUT2D eigenvalue weighted by atomic mass is 15.2. The van der Waals surface area contributed by atoms with Gasteiger partial charge >= 0.3 is 0 Å². The van der Waals surface area contributed by atoms with Crippen LogP contribution in [0.5, 0.6) is 0 Å². The number of nitrogens with zero attached hydrogens (tertiary/aromatic N) is 1. The first kappa shape index (κ1) is 7.35. The molecule has 0 saturated carbocycles. The van der Waals surface area contributed by atoms with Gasteiger partial charge in [-0.25, -0.2) is 0 Å². The molecular formula is C10H17N. The van der Waals surface area contributed by atoms with Crippen LogP contribution in [0.2, 0.25) is 0 Å². The molecule has 0 spiro atoms. The van der Waals surface area contributed by atoms with Crippen LogP contribution in [-0.2, 0) is 0 Å². The molecular weight excluding hydrogens is 134 g/mol. The third-order valence-electron chi connectivity index (χ3n) is 3.16. The summed E-state index contributed by atoms with van der Waals surface area (Å²) in [5, 5.41) is 0. The van der Waals surface area contributed by atoms with E-state index in [-0.39, 0.29) is 0 Å². The quantitative estimate of drug-likeness (QED) is 0.518. The second kappa shape index (κ2) is 2.34. The lowest BCUT2D eigenvalue weighted by Gasteiger charge is -2.33. The number of hydrogen-bond acceptors (Lipinski definition) is 1. The van der Waals surface area contributed by atoms with Gasteiger partial charge in [-0.15, -0.1) is 0 Å². The van der Waals surface area contributed by atoms with Crippen molar-refractivity contribution in [1.29, 1.82) is 0 Å². The summed E-state index contributed by atoms with van der Waals surface area (Å²) in [4.78, 5) is 2.63. The molecule has 0 amide bonds. The minimum absolute atomic E-state index is 0.713. The van der Waals surface area contributed by atoms with Crippen molar-refractivity contribution in [3.05, 3.63) is 12.2 Å². The molecule has 1 aliphatic carbocycles. The Morgan fingerprint density at radius 3 is 2.45 bits per heavy atom. The summed E-state index contributed by atoms with van der Waals surface area (Å²) in [5.74, 6) is 0.849. The summed E-state index contributed by atoms with van der Waals surface area (Å²) in [6, 6.07) is 2.25. The van der Waals surface area contributed by atoms with Crippen LogP contribution in [-0.4, -0.2) is 23.0 Å². The van der Waals surface area contributed by atoms with E-state index in [1.54, 1.807) is 0 Å². The average molecular weight is 151 g/mol.